The monoisotopic (exact) mass is 660 g/mol. The number of carbonyl (C=O) groups excluding carboxylic acids is 2. The predicted molar refractivity (Wildman–Crippen MR) is 190 cm³/mol. The van der Waals surface area contributed by atoms with E-state index in [0.717, 1.165) is 24.0 Å². The van der Waals surface area contributed by atoms with E-state index in [1.165, 1.54) is 11.1 Å². The van der Waals surface area contributed by atoms with Crippen LogP contribution >= 0.6 is 0 Å². The fraction of sp³-hybridized carbons (Fsp3) is 0.282. The summed E-state index contributed by atoms with van der Waals surface area (Å²) in [7, 11) is 3.12. The number of nitrogens with zero attached hydrogens (tertiary/aromatic N) is 4. The predicted octanol–water partition coefficient (Wildman–Crippen LogP) is 6.61. The standard InChI is InChI=1S/C39H36N4O6.2H2/c1-46-34-16-30-32(40-20-28-14-24-8-3-5-10-26(24)22-42(28)38(30)44)18-36(34)48-12-7-13-49-37-19-33-31(17-35(37)47-2)39(45)43-23-27-11-6-4-9-25(27)15-29(43)21-41-33;;/h3-6,8-11,16-21,28-29H,7,12-15,22-23H2,1-2H3;2*1H. The van der Waals surface area contributed by atoms with Crippen molar-refractivity contribution in [3.8, 4) is 23.0 Å². The lowest BCUT2D eigenvalue weighted by atomic mass is 9.94. The summed E-state index contributed by atoms with van der Waals surface area (Å²) in [5.74, 6) is 1.79. The van der Waals surface area contributed by atoms with Gasteiger partial charge in [0.15, 0.2) is 23.0 Å². The molecule has 0 radical (unpaired) electrons. The Morgan fingerprint density at radius 2 is 1.06 bits per heavy atom. The number of benzene rings is 4. The maximum Gasteiger partial charge on any atom is 0.257 e. The molecule has 4 aromatic rings. The van der Waals surface area contributed by atoms with Crippen LogP contribution in [-0.2, 0) is 25.9 Å². The molecule has 0 spiro atoms. The molecule has 4 aliphatic heterocycles. The van der Waals surface area contributed by atoms with Crippen LogP contribution in [0.25, 0.3) is 0 Å². The molecule has 10 nitrogen and oxygen atoms in total. The Balaban J connectivity index is 0.00000224. The van der Waals surface area contributed by atoms with Gasteiger partial charge in [-0.3, -0.25) is 19.6 Å². The molecular formula is C39H40N4O6. The van der Waals surface area contributed by atoms with Gasteiger partial charge in [-0.15, -0.1) is 0 Å². The fourth-order valence-corrected chi connectivity index (χ4v) is 7.07. The number of fused-ring (bicyclic) bond motifs is 6. The summed E-state index contributed by atoms with van der Waals surface area (Å²) >= 11 is 0. The first-order valence-corrected chi connectivity index (χ1v) is 16.5. The molecule has 2 unspecified atom stereocenters. The lowest BCUT2D eigenvalue weighted by Gasteiger charge is -2.34. The Bertz CT molecular complexity index is 1890. The van der Waals surface area contributed by atoms with Gasteiger partial charge < -0.3 is 28.7 Å². The molecule has 0 saturated carbocycles. The SMILES string of the molecule is COc1cc2c(cc1OCCCOc1cc3c(cc1OC)C(=O)N1Cc4ccccc4CC1C=N3)N=CC1Cc3ccccc3CN1C2=O.[HH].[HH]. The van der Waals surface area contributed by atoms with Gasteiger partial charge >= 0.3 is 0 Å². The van der Waals surface area contributed by atoms with Crippen molar-refractivity contribution < 1.29 is 31.4 Å². The number of methoxy groups -OCH3 is 2. The van der Waals surface area contributed by atoms with Crippen molar-refractivity contribution in [3.05, 3.63) is 106 Å². The van der Waals surface area contributed by atoms with Gasteiger partial charge in [-0.1, -0.05) is 48.5 Å². The fourth-order valence-electron chi connectivity index (χ4n) is 7.07. The Morgan fingerprint density at radius 3 is 1.49 bits per heavy atom. The van der Waals surface area contributed by atoms with Crippen molar-refractivity contribution in [1.82, 2.24) is 9.80 Å². The quantitative estimate of drug-likeness (QED) is 0.197. The summed E-state index contributed by atoms with van der Waals surface area (Å²) in [6.45, 7) is 1.74. The summed E-state index contributed by atoms with van der Waals surface area (Å²) in [4.78, 5) is 40.5. The van der Waals surface area contributed by atoms with Gasteiger partial charge in [0.1, 0.15) is 0 Å². The zero-order chi connectivity index (χ0) is 33.5. The number of hydrogen-bond donors (Lipinski definition) is 0. The average Bonchev–Trinajstić information content (AvgIpc) is 3.35. The molecule has 0 saturated heterocycles. The van der Waals surface area contributed by atoms with Gasteiger partial charge in [0.25, 0.3) is 11.8 Å². The van der Waals surface area contributed by atoms with E-state index in [1.54, 1.807) is 38.5 Å². The highest BCUT2D eigenvalue weighted by atomic mass is 16.5. The minimum atomic E-state index is -0.116. The van der Waals surface area contributed by atoms with E-state index in [0.29, 0.717) is 78.2 Å². The Labute approximate surface area is 287 Å². The molecule has 2 atom stereocenters. The number of aliphatic imine (C=N–C) groups is 2. The van der Waals surface area contributed by atoms with E-state index >= 15 is 0 Å². The first-order valence-electron chi connectivity index (χ1n) is 16.5. The second kappa shape index (κ2) is 12.8. The minimum Gasteiger partial charge on any atom is -0.493 e. The third-order valence-electron chi connectivity index (χ3n) is 9.70. The molecule has 49 heavy (non-hydrogen) atoms. The van der Waals surface area contributed by atoms with Crippen LogP contribution in [0.1, 0.15) is 52.2 Å². The van der Waals surface area contributed by atoms with E-state index < -0.39 is 0 Å². The molecule has 252 valence electrons. The van der Waals surface area contributed by atoms with Crippen LogP contribution in [-0.4, -0.2) is 73.6 Å². The van der Waals surface area contributed by atoms with Crippen LogP contribution < -0.4 is 18.9 Å². The van der Waals surface area contributed by atoms with E-state index in [2.05, 4.69) is 24.3 Å². The lowest BCUT2D eigenvalue weighted by molar-refractivity contribution is 0.0696. The van der Waals surface area contributed by atoms with Crippen LogP contribution in [0.4, 0.5) is 11.4 Å². The zero-order valence-corrected chi connectivity index (χ0v) is 27.4. The highest BCUT2D eigenvalue weighted by Gasteiger charge is 2.34. The number of carbonyl (C=O) groups is 2. The van der Waals surface area contributed by atoms with E-state index in [4.69, 9.17) is 28.9 Å². The molecule has 0 bridgehead atoms. The molecule has 0 N–H and O–H groups in total. The van der Waals surface area contributed by atoms with Gasteiger partial charge in [-0.05, 0) is 47.2 Å². The summed E-state index contributed by atoms with van der Waals surface area (Å²) < 4.78 is 23.5. The molecular weight excluding hydrogens is 620 g/mol. The second-order valence-corrected chi connectivity index (χ2v) is 12.6. The summed E-state index contributed by atoms with van der Waals surface area (Å²) in [6.07, 6.45) is 5.73. The van der Waals surface area contributed by atoms with Gasteiger partial charge in [-0.25, -0.2) is 0 Å². The number of amides is 2. The van der Waals surface area contributed by atoms with E-state index in [-0.39, 0.29) is 26.8 Å². The molecule has 8 rings (SSSR count). The highest BCUT2D eigenvalue weighted by molar-refractivity contribution is 6.04. The molecule has 4 aliphatic rings. The van der Waals surface area contributed by atoms with Crippen LogP contribution in [0.5, 0.6) is 23.0 Å². The van der Waals surface area contributed by atoms with Gasteiger partial charge in [0, 0.05) is 46.9 Å². The lowest BCUT2D eigenvalue weighted by Crippen LogP contribution is -2.44. The Morgan fingerprint density at radius 1 is 0.633 bits per heavy atom. The molecule has 4 heterocycles. The number of ether oxygens (including phenoxy) is 4. The van der Waals surface area contributed by atoms with Crippen LogP contribution in [0.15, 0.2) is 82.8 Å². The number of rotatable bonds is 8. The third kappa shape index (κ3) is 5.67. The minimum absolute atomic E-state index is 0. The molecule has 0 aromatic heterocycles. The first kappa shape index (κ1) is 30.7. The zero-order valence-electron chi connectivity index (χ0n) is 27.4. The summed E-state index contributed by atoms with van der Waals surface area (Å²) in [5, 5.41) is 0. The largest absolute Gasteiger partial charge is 0.493 e. The molecule has 4 aromatic carbocycles. The van der Waals surface area contributed by atoms with Gasteiger partial charge in [-0.2, -0.15) is 0 Å². The van der Waals surface area contributed by atoms with Crippen LogP contribution in [0, 0.1) is 0 Å². The topological polar surface area (TPSA) is 102 Å². The Kier molecular flexibility index (Phi) is 7.99. The van der Waals surface area contributed by atoms with Crippen LogP contribution in [0.2, 0.25) is 0 Å². The average molecular weight is 661 g/mol. The number of hydrogen-bond acceptors (Lipinski definition) is 8. The maximum atomic E-state index is 13.7. The van der Waals surface area contributed by atoms with Crippen molar-refractivity contribution in [2.24, 2.45) is 9.98 Å². The molecule has 10 heteroatoms. The van der Waals surface area contributed by atoms with Crippen molar-refractivity contribution in [1.29, 1.82) is 0 Å². The van der Waals surface area contributed by atoms with Crippen molar-refractivity contribution in [3.63, 3.8) is 0 Å². The van der Waals surface area contributed by atoms with Crippen molar-refractivity contribution in [2.75, 3.05) is 27.4 Å². The van der Waals surface area contributed by atoms with Gasteiger partial charge in [0.2, 0.25) is 0 Å². The first-order chi connectivity index (χ1) is 24.0. The summed E-state index contributed by atoms with van der Waals surface area (Å²) in [6, 6.07) is 23.2. The van der Waals surface area contributed by atoms with E-state index in [9.17, 15) is 9.59 Å². The van der Waals surface area contributed by atoms with Crippen molar-refractivity contribution >= 4 is 35.6 Å². The van der Waals surface area contributed by atoms with Crippen molar-refractivity contribution in [2.45, 2.75) is 44.4 Å². The summed E-state index contributed by atoms with van der Waals surface area (Å²) in [5.41, 5.74) is 6.88. The maximum absolute atomic E-state index is 13.7. The third-order valence-corrected chi connectivity index (χ3v) is 9.70. The smallest absolute Gasteiger partial charge is 0.257 e. The van der Waals surface area contributed by atoms with Crippen LogP contribution in [0.3, 0.4) is 0 Å². The van der Waals surface area contributed by atoms with E-state index in [1.807, 2.05) is 46.5 Å². The normalized spacial score (nSPS) is 18.6. The highest BCUT2D eigenvalue weighted by Crippen LogP contribution is 2.40. The molecule has 0 fully saturated rings. The molecule has 0 aliphatic carbocycles. The van der Waals surface area contributed by atoms with Gasteiger partial charge in [0.05, 0.1) is 62.0 Å². The second-order valence-electron chi connectivity index (χ2n) is 12.6. The molecule has 2 amide bonds. The Hall–Kier alpha value is -5.64.